The number of halogens is 2. The van der Waals surface area contributed by atoms with E-state index in [9.17, 15) is 0 Å². The molecule has 3 unspecified atom stereocenters. The summed E-state index contributed by atoms with van der Waals surface area (Å²) in [5.41, 5.74) is 2.75. The van der Waals surface area contributed by atoms with Crippen molar-refractivity contribution in [2.45, 2.75) is 17.2 Å². The Balaban J connectivity index is 1.76. The van der Waals surface area contributed by atoms with Crippen LogP contribution in [0.25, 0.3) is 0 Å². The van der Waals surface area contributed by atoms with E-state index >= 15 is 0 Å². The van der Waals surface area contributed by atoms with Crippen LogP contribution >= 0.6 is 31.9 Å². The average Bonchev–Trinajstić information content (AvgIpc) is 3.28. The highest BCUT2D eigenvalue weighted by molar-refractivity contribution is 9.11. The molecule has 1 saturated carbocycles. The van der Waals surface area contributed by atoms with Crippen LogP contribution in [0.5, 0.6) is 5.75 Å². The second-order valence-corrected chi connectivity index (χ2v) is 7.05. The Morgan fingerprint density at radius 1 is 1.15 bits per heavy atom. The van der Waals surface area contributed by atoms with Crippen LogP contribution in [0, 0.1) is 5.92 Å². The first-order valence-electron chi connectivity index (χ1n) is 6.73. The minimum atomic E-state index is 0.382. The van der Waals surface area contributed by atoms with Crippen LogP contribution in [0.1, 0.15) is 28.3 Å². The Kier molecular flexibility index (Phi) is 4.18. The Labute approximate surface area is 136 Å². The summed E-state index contributed by atoms with van der Waals surface area (Å²) in [6, 6.07) is 17.0. The molecule has 0 amide bonds. The van der Waals surface area contributed by atoms with E-state index in [1.54, 1.807) is 7.11 Å². The summed E-state index contributed by atoms with van der Waals surface area (Å²) >= 11 is 7.53. The summed E-state index contributed by atoms with van der Waals surface area (Å²) in [5.74, 6) is 2.23. The molecule has 1 nitrogen and oxygen atoms in total. The Morgan fingerprint density at radius 3 is 2.55 bits per heavy atom. The number of alkyl halides is 1. The van der Waals surface area contributed by atoms with E-state index in [1.165, 1.54) is 17.5 Å². The van der Waals surface area contributed by atoms with Crippen LogP contribution in [0.2, 0.25) is 0 Å². The molecule has 0 heterocycles. The minimum absolute atomic E-state index is 0.382. The van der Waals surface area contributed by atoms with Gasteiger partial charge in [-0.2, -0.15) is 0 Å². The van der Waals surface area contributed by atoms with Gasteiger partial charge < -0.3 is 4.74 Å². The molecule has 0 saturated heterocycles. The van der Waals surface area contributed by atoms with Crippen molar-refractivity contribution in [3.05, 3.63) is 64.1 Å². The Bertz CT molecular complexity index is 597. The van der Waals surface area contributed by atoms with E-state index in [1.807, 2.05) is 12.1 Å². The van der Waals surface area contributed by atoms with Gasteiger partial charge in [0.05, 0.1) is 7.11 Å². The van der Waals surface area contributed by atoms with Gasteiger partial charge in [-0.25, -0.2) is 0 Å². The molecule has 20 heavy (non-hydrogen) atoms. The van der Waals surface area contributed by atoms with E-state index in [0.717, 1.165) is 10.2 Å². The highest BCUT2D eigenvalue weighted by Gasteiger charge is 2.43. The third-order valence-electron chi connectivity index (χ3n) is 3.95. The zero-order valence-corrected chi connectivity index (χ0v) is 14.4. The maximum Gasteiger partial charge on any atom is 0.120 e. The molecule has 3 atom stereocenters. The highest BCUT2D eigenvalue weighted by Crippen LogP contribution is 2.58. The van der Waals surface area contributed by atoms with Crippen LogP contribution in [-0.4, -0.2) is 7.11 Å². The molecule has 1 aliphatic carbocycles. The topological polar surface area (TPSA) is 9.23 Å². The minimum Gasteiger partial charge on any atom is -0.497 e. The summed E-state index contributed by atoms with van der Waals surface area (Å²) in [6.45, 7) is 0. The van der Waals surface area contributed by atoms with Crippen molar-refractivity contribution >= 4 is 31.9 Å². The molecular formula is C17H16Br2O. The molecule has 0 radical (unpaired) electrons. The maximum atomic E-state index is 5.25. The second-order valence-electron chi connectivity index (χ2n) is 5.21. The zero-order chi connectivity index (χ0) is 14.1. The van der Waals surface area contributed by atoms with Gasteiger partial charge in [-0.1, -0.05) is 68.3 Å². The third-order valence-corrected chi connectivity index (χ3v) is 5.81. The molecule has 0 aliphatic heterocycles. The summed E-state index contributed by atoms with van der Waals surface area (Å²) < 4.78 is 6.36. The molecule has 2 aromatic rings. The van der Waals surface area contributed by atoms with Gasteiger partial charge in [0.15, 0.2) is 0 Å². The molecule has 1 fully saturated rings. The van der Waals surface area contributed by atoms with Gasteiger partial charge in [0.1, 0.15) is 5.75 Å². The summed E-state index contributed by atoms with van der Waals surface area (Å²) in [7, 11) is 1.69. The highest BCUT2D eigenvalue weighted by atomic mass is 79.9. The monoisotopic (exact) mass is 394 g/mol. The lowest BCUT2D eigenvalue weighted by atomic mass is 10.0. The van der Waals surface area contributed by atoms with E-state index in [2.05, 4.69) is 68.3 Å². The first-order chi connectivity index (χ1) is 9.70. The van der Waals surface area contributed by atoms with Crippen molar-refractivity contribution in [2.24, 2.45) is 5.92 Å². The van der Waals surface area contributed by atoms with Gasteiger partial charge in [-0.3, -0.25) is 0 Å². The first-order valence-corrected chi connectivity index (χ1v) is 8.44. The van der Waals surface area contributed by atoms with Crippen molar-refractivity contribution in [3.63, 3.8) is 0 Å². The normalized spacial score (nSPS) is 22.4. The Morgan fingerprint density at radius 2 is 1.90 bits per heavy atom. The Hall–Kier alpha value is -0.800. The first kappa shape index (κ1) is 14.2. The predicted molar refractivity (Wildman–Crippen MR) is 89.7 cm³/mol. The molecular weight excluding hydrogens is 380 g/mol. The molecule has 0 bridgehead atoms. The lowest BCUT2D eigenvalue weighted by molar-refractivity contribution is 0.414. The van der Waals surface area contributed by atoms with E-state index in [-0.39, 0.29) is 0 Å². The molecule has 0 aromatic heterocycles. The SMILES string of the molecule is COc1ccc(C(Br)C2CC2c2ccccc2)c(Br)c1. The summed E-state index contributed by atoms with van der Waals surface area (Å²) in [5, 5.41) is 0. The van der Waals surface area contributed by atoms with Crippen LogP contribution in [0.4, 0.5) is 0 Å². The molecule has 1 aliphatic rings. The van der Waals surface area contributed by atoms with Crippen LogP contribution in [0.15, 0.2) is 53.0 Å². The van der Waals surface area contributed by atoms with Gasteiger partial charge in [0, 0.05) is 9.30 Å². The van der Waals surface area contributed by atoms with Crippen molar-refractivity contribution in [3.8, 4) is 5.75 Å². The van der Waals surface area contributed by atoms with Gasteiger partial charge in [0.2, 0.25) is 0 Å². The van der Waals surface area contributed by atoms with Gasteiger partial charge in [0.25, 0.3) is 0 Å². The van der Waals surface area contributed by atoms with Crippen molar-refractivity contribution in [1.29, 1.82) is 0 Å². The smallest absolute Gasteiger partial charge is 0.120 e. The van der Waals surface area contributed by atoms with Crippen LogP contribution in [-0.2, 0) is 0 Å². The van der Waals surface area contributed by atoms with E-state index in [0.29, 0.717) is 16.7 Å². The number of benzene rings is 2. The lowest BCUT2D eigenvalue weighted by Crippen LogP contribution is -1.96. The maximum absolute atomic E-state index is 5.25. The largest absolute Gasteiger partial charge is 0.497 e. The number of hydrogen-bond acceptors (Lipinski definition) is 1. The quantitative estimate of drug-likeness (QED) is 0.603. The second kappa shape index (κ2) is 5.90. The van der Waals surface area contributed by atoms with Crippen LogP contribution in [0.3, 0.4) is 0 Å². The molecule has 0 N–H and O–H groups in total. The van der Waals surface area contributed by atoms with Crippen molar-refractivity contribution in [2.75, 3.05) is 7.11 Å². The molecule has 0 spiro atoms. The van der Waals surface area contributed by atoms with E-state index in [4.69, 9.17) is 4.74 Å². The molecule has 104 valence electrons. The van der Waals surface area contributed by atoms with Crippen molar-refractivity contribution in [1.82, 2.24) is 0 Å². The summed E-state index contributed by atoms with van der Waals surface area (Å²) in [4.78, 5) is 0.382. The molecule has 3 heteroatoms. The standard InChI is InChI=1S/C17H16Br2O/c1-20-12-7-8-13(16(18)9-12)17(19)15-10-14(15)11-5-3-2-4-6-11/h2-9,14-15,17H,10H2,1H3. The predicted octanol–water partition coefficient (Wildman–Crippen LogP) is 5.70. The van der Waals surface area contributed by atoms with E-state index < -0.39 is 0 Å². The fraction of sp³-hybridized carbons (Fsp3) is 0.294. The molecule has 2 aromatic carbocycles. The van der Waals surface area contributed by atoms with Crippen LogP contribution < -0.4 is 4.74 Å². The van der Waals surface area contributed by atoms with Gasteiger partial charge in [-0.05, 0) is 41.5 Å². The third kappa shape index (κ3) is 2.79. The lowest BCUT2D eigenvalue weighted by Gasteiger charge is -2.13. The fourth-order valence-corrected chi connectivity index (χ4v) is 4.61. The number of rotatable bonds is 4. The number of methoxy groups -OCH3 is 1. The summed E-state index contributed by atoms with van der Waals surface area (Å²) in [6.07, 6.45) is 1.25. The fourth-order valence-electron chi connectivity index (χ4n) is 2.71. The van der Waals surface area contributed by atoms with Gasteiger partial charge >= 0.3 is 0 Å². The van der Waals surface area contributed by atoms with Gasteiger partial charge in [-0.15, -0.1) is 0 Å². The molecule has 3 rings (SSSR count). The number of hydrogen-bond donors (Lipinski definition) is 0. The zero-order valence-electron chi connectivity index (χ0n) is 11.2. The number of ether oxygens (including phenoxy) is 1. The average molecular weight is 396 g/mol. The van der Waals surface area contributed by atoms with Crippen molar-refractivity contribution < 1.29 is 4.74 Å².